The SMILES string of the molecule is CS(=O)(=O)CCC1CCNC1CCN. The van der Waals surface area contributed by atoms with Crippen LogP contribution in [0.5, 0.6) is 0 Å². The summed E-state index contributed by atoms with van der Waals surface area (Å²) in [6.07, 6.45) is 4.11. The number of sulfone groups is 1. The van der Waals surface area contributed by atoms with Crippen molar-refractivity contribution in [2.24, 2.45) is 11.7 Å². The van der Waals surface area contributed by atoms with Crippen LogP contribution in [0.15, 0.2) is 0 Å². The van der Waals surface area contributed by atoms with Gasteiger partial charge in [0.2, 0.25) is 0 Å². The van der Waals surface area contributed by atoms with Gasteiger partial charge in [0.25, 0.3) is 0 Å². The number of nitrogens with one attached hydrogen (secondary N) is 1. The highest BCUT2D eigenvalue weighted by atomic mass is 32.2. The molecule has 2 atom stereocenters. The lowest BCUT2D eigenvalue weighted by molar-refractivity contribution is 0.416. The summed E-state index contributed by atoms with van der Waals surface area (Å²) in [5, 5.41) is 3.37. The van der Waals surface area contributed by atoms with Gasteiger partial charge in [0, 0.05) is 12.3 Å². The molecule has 1 fully saturated rings. The molecular formula is C9H20N2O2S. The third kappa shape index (κ3) is 3.94. The van der Waals surface area contributed by atoms with Crippen LogP contribution < -0.4 is 11.1 Å². The standard InChI is InChI=1S/C9H20N2O2S/c1-14(12,13)7-4-8-3-6-11-9(8)2-5-10/h8-9,11H,2-7,10H2,1H3. The molecule has 2 unspecified atom stereocenters. The maximum Gasteiger partial charge on any atom is 0.147 e. The number of nitrogens with two attached hydrogens (primary N) is 1. The molecule has 3 N–H and O–H groups in total. The van der Waals surface area contributed by atoms with Gasteiger partial charge in [-0.3, -0.25) is 0 Å². The number of rotatable bonds is 5. The van der Waals surface area contributed by atoms with Crippen LogP contribution >= 0.6 is 0 Å². The highest BCUT2D eigenvalue weighted by Gasteiger charge is 2.26. The van der Waals surface area contributed by atoms with E-state index in [-0.39, 0.29) is 0 Å². The van der Waals surface area contributed by atoms with Crippen molar-refractivity contribution in [2.45, 2.75) is 25.3 Å². The summed E-state index contributed by atoms with van der Waals surface area (Å²) in [5.41, 5.74) is 5.49. The fourth-order valence-electron chi connectivity index (χ4n) is 2.05. The van der Waals surface area contributed by atoms with Crippen molar-refractivity contribution in [3.8, 4) is 0 Å². The molecule has 0 radical (unpaired) electrons. The van der Waals surface area contributed by atoms with Crippen molar-refractivity contribution in [2.75, 3.05) is 25.1 Å². The lowest BCUT2D eigenvalue weighted by atomic mass is 9.95. The topological polar surface area (TPSA) is 72.2 Å². The molecule has 14 heavy (non-hydrogen) atoms. The second-order valence-electron chi connectivity index (χ2n) is 4.11. The van der Waals surface area contributed by atoms with Gasteiger partial charge >= 0.3 is 0 Å². The van der Waals surface area contributed by atoms with E-state index in [1.807, 2.05) is 0 Å². The fourth-order valence-corrected chi connectivity index (χ4v) is 2.78. The molecule has 0 aliphatic carbocycles. The highest BCUT2D eigenvalue weighted by molar-refractivity contribution is 7.90. The van der Waals surface area contributed by atoms with Crippen LogP contribution in [0.1, 0.15) is 19.3 Å². The maximum atomic E-state index is 11.0. The molecule has 4 nitrogen and oxygen atoms in total. The smallest absolute Gasteiger partial charge is 0.147 e. The minimum absolute atomic E-state index is 0.306. The van der Waals surface area contributed by atoms with Crippen LogP contribution in [0.4, 0.5) is 0 Å². The van der Waals surface area contributed by atoms with Gasteiger partial charge in [0.15, 0.2) is 0 Å². The third-order valence-electron chi connectivity index (χ3n) is 2.83. The van der Waals surface area contributed by atoms with E-state index in [1.54, 1.807) is 0 Å². The van der Waals surface area contributed by atoms with Gasteiger partial charge in [0.05, 0.1) is 5.75 Å². The molecule has 0 saturated carbocycles. The first kappa shape index (κ1) is 11.9. The van der Waals surface area contributed by atoms with Crippen LogP contribution in [0, 0.1) is 5.92 Å². The molecule has 0 aromatic carbocycles. The van der Waals surface area contributed by atoms with Crippen LogP contribution in [0.3, 0.4) is 0 Å². The Morgan fingerprint density at radius 1 is 1.43 bits per heavy atom. The molecule has 0 spiro atoms. The lowest BCUT2D eigenvalue weighted by Gasteiger charge is -2.18. The molecule has 84 valence electrons. The number of hydrogen-bond donors (Lipinski definition) is 2. The molecule has 0 amide bonds. The minimum atomic E-state index is -2.81. The predicted molar refractivity (Wildman–Crippen MR) is 57.9 cm³/mol. The zero-order valence-corrected chi connectivity index (χ0v) is 9.52. The first-order valence-corrected chi connectivity index (χ1v) is 7.20. The van der Waals surface area contributed by atoms with Gasteiger partial charge < -0.3 is 11.1 Å². The Kier molecular flexibility index (Phi) is 4.34. The summed E-state index contributed by atoms with van der Waals surface area (Å²) in [6, 6.07) is 0.432. The number of hydrogen-bond acceptors (Lipinski definition) is 4. The summed E-state index contributed by atoms with van der Waals surface area (Å²) in [5.74, 6) is 0.800. The van der Waals surface area contributed by atoms with Gasteiger partial charge in [-0.15, -0.1) is 0 Å². The van der Waals surface area contributed by atoms with E-state index >= 15 is 0 Å². The molecular weight excluding hydrogens is 200 g/mol. The second-order valence-corrected chi connectivity index (χ2v) is 6.37. The third-order valence-corrected chi connectivity index (χ3v) is 3.81. The normalized spacial score (nSPS) is 28.1. The summed E-state index contributed by atoms with van der Waals surface area (Å²) in [7, 11) is -2.81. The Bertz CT molecular complexity index is 264. The monoisotopic (exact) mass is 220 g/mol. The van der Waals surface area contributed by atoms with Gasteiger partial charge in [-0.05, 0) is 38.3 Å². The van der Waals surface area contributed by atoms with E-state index in [4.69, 9.17) is 5.73 Å². The zero-order valence-electron chi connectivity index (χ0n) is 8.70. The highest BCUT2D eigenvalue weighted by Crippen LogP contribution is 2.21. The van der Waals surface area contributed by atoms with Crippen molar-refractivity contribution < 1.29 is 8.42 Å². The van der Waals surface area contributed by atoms with Gasteiger partial charge in [-0.25, -0.2) is 8.42 Å². The van der Waals surface area contributed by atoms with Crippen molar-refractivity contribution in [1.29, 1.82) is 0 Å². The van der Waals surface area contributed by atoms with Crippen LogP contribution in [-0.2, 0) is 9.84 Å². The van der Waals surface area contributed by atoms with Crippen molar-refractivity contribution in [3.63, 3.8) is 0 Å². The molecule has 1 heterocycles. The molecule has 1 aliphatic rings. The van der Waals surface area contributed by atoms with Gasteiger partial charge in [-0.1, -0.05) is 0 Å². The Morgan fingerprint density at radius 2 is 2.14 bits per heavy atom. The first-order chi connectivity index (χ1) is 6.53. The van der Waals surface area contributed by atoms with Crippen molar-refractivity contribution >= 4 is 9.84 Å². The molecule has 0 aromatic rings. The molecule has 1 saturated heterocycles. The molecule has 0 bridgehead atoms. The quantitative estimate of drug-likeness (QED) is 0.670. The van der Waals surface area contributed by atoms with E-state index in [1.165, 1.54) is 6.26 Å². The van der Waals surface area contributed by atoms with E-state index in [0.29, 0.717) is 24.3 Å². The Morgan fingerprint density at radius 3 is 2.71 bits per heavy atom. The average Bonchev–Trinajstić information content (AvgIpc) is 2.48. The Balaban J connectivity index is 2.36. The fraction of sp³-hybridized carbons (Fsp3) is 1.00. The first-order valence-electron chi connectivity index (χ1n) is 5.14. The van der Waals surface area contributed by atoms with Gasteiger partial charge in [0.1, 0.15) is 9.84 Å². The minimum Gasteiger partial charge on any atom is -0.330 e. The summed E-state index contributed by atoms with van der Waals surface area (Å²) in [6.45, 7) is 1.67. The lowest BCUT2D eigenvalue weighted by Crippen LogP contribution is -2.30. The molecule has 0 aromatic heterocycles. The molecule has 1 rings (SSSR count). The molecule has 1 aliphatic heterocycles. The van der Waals surface area contributed by atoms with E-state index in [2.05, 4.69) is 5.32 Å². The van der Waals surface area contributed by atoms with Crippen LogP contribution in [0.2, 0.25) is 0 Å². The predicted octanol–water partition coefficient (Wildman–Crippen LogP) is -0.252. The maximum absolute atomic E-state index is 11.0. The zero-order chi connectivity index (χ0) is 10.6. The summed E-state index contributed by atoms with van der Waals surface area (Å²) in [4.78, 5) is 0. The average molecular weight is 220 g/mol. The van der Waals surface area contributed by atoms with Crippen molar-refractivity contribution in [3.05, 3.63) is 0 Å². The van der Waals surface area contributed by atoms with E-state index in [9.17, 15) is 8.42 Å². The van der Waals surface area contributed by atoms with Gasteiger partial charge in [-0.2, -0.15) is 0 Å². The summed E-state index contributed by atoms with van der Waals surface area (Å²) >= 11 is 0. The van der Waals surface area contributed by atoms with E-state index in [0.717, 1.165) is 25.8 Å². The summed E-state index contributed by atoms with van der Waals surface area (Å²) < 4.78 is 22.0. The molecule has 5 heteroatoms. The van der Waals surface area contributed by atoms with Crippen LogP contribution in [0.25, 0.3) is 0 Å². The Hall–Kier alpha value is -0.130. The van der Waals surface area contributed by atoms with Crippen LogP contribution in [-0.4, -0.2) is 39.6 Å². The van der Waals surface area contributed by atoms with Crippen molar-refractivity contribution in [1.82, 2.24) is 5.32 Å². The second kappa shape index (κ2) is 5.09. The largest absolute Gasteiger partial charge is 0.330 e. The van der Waals surface area contributed by atoms with E-state index < -0.39 is 9.84 Å². The Labute approximate surface area is 86.2 Å².